The van der Waals surface area contributed by atoms with Crippen molar-refractivity contribution in [1.82, 2.24) is 5.32 Å². The Kier molecular flexibility index (Phi) is 4.89. The second kappa shape index (κ2) is 7.10. The second-order valence-electron chi connectivity index (χ2n) is 5.37. The van der Waals surface area contributed by atoms with E-state index in [9.17, 15) is 9.59 Å². The lowest BCUT2D eigenvalue weighted by Crippen LogP contribution is -2.65. The van der Waals surface area contributed by atoms with Crippen molar-refractivity contribution in [3.8, 4) is 5.75 Å². The van der Waals surface area contributed by atoms with Crippen LogP contribution in [0, 0.1) is 0 Å². The van der Waals surface area contributed by atoms with E-state index in [-0.39, 0.29) is 30.1 Å². The number of piperazine rings is 1. The summed E-state index contributed by atoms with van der Waals surface area (Å²) in [5.41, 5.74) is 0.702. The van der Waals surface area contributed by atoms with E-state index >= 15 is 0 Å². The van der Waals surface area contributed by atoms with Crippen LogP contribution in [0.5, 0.6) is 5.75 Å². The van der Waals surface area contributed by atoms with E-state index in [2.05, 4.69) is 15.3 Å². The highest BCUT2D eigenvalue weighted by Crippen LogP contribution is 2.32. The summed E-state index contributed by atoms with van der Waals surface area (Å²) in [4.78, 5) is 34.5. The van der Waals surface area contributed by atoms with Gasteiger partial charge in [0.2, 0.25) is 11.2 Å². The molecule has 1 aromatic carbocycles. The quantitative estimate of drug-likeness (QED) is 0.634. The zero-order chi connectivity index (χ0) is 18.0. The number of amidine groups is 1. The molecule has 8 nitrogen and oxygen atoms in total. The second-order valence-corrected chi connectivity index (χ2v) is 5.71. The number of carbonyl (C=O) groups excluding carboxylic acids is 2. The van der Waals surface area contributed by atoms with Crippen molar-refractivity contribution in [1.29, 1.82) is 0 Å². The van der Waals surface area contributed by atoms with Gasteiger partial charge in [0.1, 0.15) is 11.8 Å². The number of nitrogens with one attached hydrogen (secondary N) is 1. The van der Waals surface area contributed by atoms with Gasteiger partial charge in [-0.1, -0.05) is 12.1 Å². The number of aliphatic imine (C=N–C) groups is 2. The van der Waals surface area contributed by atoms with Crippen LogP contribution >= 0.6 is 11.6 Å². The van der Waals surface area contributed by atoms with E-state index in [1.54, 1.807) is 25.0 Å². The lowest BCUT2D eigenvalue weighted by molar-refractivity contribution is -0.135. The summed E-state index contributed by atoms with van der Waals surface area (Å²) in [7, 11) is 1.54. The SMILES string of the molecule is CCOC(=O)C1=NC(Cl)=NC2C1NC(=O)CN2c1ccccc1OC. The molecule has 1 aromatic rings. The first kappa shape index (κ1) is 17.2. The minimum Gasteiger partial charge on any atom is -0.495 e. The van der Waals surface area contributed by atoms with E-state index in [1.165, 1.54) is 0 Å². The Hall–Kier alpha value is -2.61. The molecule has 2 unspecified atom stereocenters. The third-order valence-electron chi connectivity index (χ3n) is 3.87. The number of hydrogen-bond acceptors (Lipinski definition) is 7. The summed E-state index contributed by atoms with van der Waals surface area (Å²) >= 11 is 6.02. The maximum absolute atomic E-state index is 12.2. The molecule has 1 saturated heterocycles. The molecule has 2 atom stereocenters. The Labute approximate surface area is 149 Å². The van der Waals surface area contributed by atoms with E-state index in [4.69, 9.17) is 21.1 Å². The van der Waals surface area contributed by atoms with Gasteiger partial charge in [-0.05, 0) is 30.7 Å². The number of amides is 1. The molecule has 2 aliphatic rings. The van der Waals surface area contributed by atoms with E-state index < -0.39 is 18.2 Å². The maximum atomic E-state index is 12.2. The Bertz CT molecular complexity index is 764. The van der Waals surface area contributed by atoms with Crippen molar-refractivity contribution in [2.24, 2.45) is 9.98 Å². The van der Waals surface area contributed by atoms with Gasteiger partial charge in [0.05, 0.1) is 25.9 Å². The van der Waals surface area contributed by atoms with Crippen LogP contribution in [-0.2, 0) is 14.3 Å². The van der Waals surface area contributed by atoms with E-state index in [0.717, 1.165) is 0 Å². The van der Waals surface area contributed by atoms with E-state index in [1.807, 2.05) is 18.2 Å². The summed E-state index contributed by atoms with van der Waals surface area (Å²) < 4.78 is 10.4. The summed E-state index contributed by atoms with van der Waals surface area (Å²) in [6, 6.07) is 6.49. The minimum absolute atomic E-state index is 0.0276. The lowest BCUT2D eigenvalue weighted by atomic mass is 10.0. The fourth-order valence-corrected chi connectivity index (χ4v) is 3.05. The largest absolute Gasteiger partial charge is 0.495 e. The van der Waals surface area contributed by atoms with E-state index in [0.29, 0.717) is 11.4 Å². The highest BCUT2D eigenvalue weighted by atomic mass is 35.5. The smallest absolute Gasteiger partial charge is 0.355 e. The van der Waals surface area contributed by atoms with Gasteiger partial charge in [-0.3, -0.25) is 4.79 Å². The molecule has 0 bridgehead atoms. The summed E-state index contributed by atoms with van der Waals surface area (Å²) in [6.07, 6.45) is -0.626. The molecule has 3 rings (SSSR count). The number of halogens is 1. The molecule has 2 heterocycles. The molecule has 0 aliphatic carbocycles. The standard InChI is InChI=1S/C16H17ClN4O4/c1-3-25-15(23)13-12-14(20-16(17)19-13)21(8-11(22)18-12)9-6-4-5-7-10(9)24-2/h4-7,12,14H,3,8H2,1-2H3,(H,18,22). The number of fused-ring (bicyclic) bond motifs is 1. The predicted octanol–water partition coefficient (Wildman–Crippen LogP) is 0.939. The molecule has 0 saturated carbocycles. The van der Waals surface area contributed by atoms with Crippen molar-refractivity contribution in [2.75, 3.05) is 25.2 Å². The lowest BCUT2D eigenvalue weighted by Gasteiger charge is -2.41. The number of anilines is 1. The maximum Gasteiger partial charge on any atom is 0.355 e. The van der Waals surface area contributed by atoms with Gasteiger partial charge in [0, 0.05) is 0 Å². The predicted molar refractivity (Wildman–Crippen MR) is 93.4 cm³/mol. The van der Waals surface area contributed by atoms with Crippen LogP contribution < -0.4 is 15.0 Å². The third kappa shape index (κ3) is 3.30. The molecular weight excluding hydrogens is 348 g/mol. The summed E-state index contributed by atoms with van der Waals surface area (Å²) in [6.45, 7) is 1.93. The Morgan fingerprint density at radius 1 is 1.44 bits per heavy atom. The first-order valence-electron chi connectivity index (χ1n) is 7.73. The highest BCUT2D eigenvalue weighted by molar-refractivity contribution is 6.67. The number of hydrogen-bond donors (Lipinski definition) is 1. The third-order valence-corrected chi connectivity index (χ3v) is 4.06. The molecular formula is C16H17ClN4O4. The fraction of sp³-hybridized carbons (Fsp3) is 0.375. The number of methoxy groups -OCH3 is 1. The van der Waals surface area contributed by atoms with Crippen molar-refractivity contribution in [3.63, 3.8) is 0 Å². The monoisotopic (exact) mass is 364 g/mol. The Morgan fingerprint density at radius 2 is 2.20 bits per heavy atom. The zero-order valence-electron chi connectivity index (χ0n) is 13.7. The number of nitrogens with zero attached hydrogens (tertiary/aromatic N) is 3. The topological polar surface area (TPSA) is 92.6 Å². The van der Waals surface area contributed by atoms with Gasteiger partial charge >= 0.3 is 5.97 Å². The first-order chi connectivity index (χ1) is 12.0. The Balaban J connectivity index is 2.02. The van der Waals surface area contributed by atoms with Gasteiger partial charge in [0.25, 0.3) is 0 Å². The number of rotatable bonds is 4. The van der Waals surface area contributed by atoms with Crippen LogP contribution in [0.2, 0.25) is 0 Å². The average Bonchev–Trinajstić information content (AvgIpc) is 2.61. The highest BCUT2D eigenvalue weighted by Gasteiger charge is 2.43. The van der Waals surface area contributed by atoms with Gasteiger partial charge in [0.15, 0.2) is 11.9 Å². The molecule has 2 aliphatic heterocycles. The molecule has 0 radical (unpaired) electrons. The first-order valence-corrected chi connectivity index (χ1v) is 8.11. The van der Waals surface area contributed by atoms with Crippen molar-refractivity contribution >= 4 is 40.2 Å². The zero-order valence-corrected chi connectivity index (χ0v) is 14.5. The van der Waals surface area contributed by atoms with Crippen LogP contribution in [0.4, 0.5) is 5.69 Å². The van der Waals surface area contributed by atoms with Crippen LogP contribution in [-0.4, -0.2) is 55.4 Å². The molecule has 1 amide bonds. The van der Waals surface area contributed by atoms with Gasteiger partial charge in [-0.15, -0.1) is 0 Å². The van der Waals surface area contributed by atoms with Crippen molar-refractivity contribution in [2.45, 2.75) is 19.1 Å². The average molecular weight is 365 g/mol. The number of esters is 1. The molecule has 0 aromatic heterocycles. The van der Waals surface area contributed by atoms with Gasteiger partial charge < -0.3 is 19.7 Å². The fourth-order valence-electron chi connectivity index (χ4n) is 2.85. The molecule has 1 N–H and O–H groups in total. The van der Waals surface area contributed by atoms with Crippen molar-refractivity contribution in [3.05, 3.63) is 24.3 Å². The van der Waals surface area contributed by atoms with Gasteiger partial charge in [-0.2, -0.15) is 0 Å². The van der Waals surface area contributed by atoms with Crippen molar-refractivity contribution < 1.29 is 19.1 Å². The number of benzene rings is 1. The van der Waals surface area contributed by atoms with Crippen LogP contribution in [0.15, 0.2) is 34.3 Å². The van der Waals surface area contributed by atoms with Crippen LogP contribution in [0.3, 0.4) is 0 Å². The number of ether oxygens (including phenoxy) is 2. The molecule has 1 fully saturated rings. The normalized spacial score (nSPS) is 22.4. The number of carbonyl (C=O) groups is 2. The van der Waals surface area contributed by atoms with Crippen LogP contribution in [0.1, 0.15) is 6.92 Å². The van der Waals surface area contributed by atoms with Crippen LogP contribution in [0.25, 0.3) is 0 Å². The Morgan fingerprint density at radius 3 is 2.92 bits per heavy atom. The molecule has 9 heteroatoms. The summed E-state index contributed by atoms with van der Waals surface area (Å²) in [5, 5.41) is 2.68. The van der Waals surface area contributed by atoms with Gasteiger partial charge in [-0.25, -0.2) is 14.8 Å². The number of para-hydroxylation sites is 2. The molecule has 0 spiro atoms. The summed E-state index contributed by atoms with van der Waals surface area (Å²) in [5.74, 6) is -0.312. The molecule has 25 heavy (non-hydrogen) atoms. The molecule has 132 valence electrons. The minimum atomic E-state index is -0.757.